The molecule has 3 aromatic rings. The van der Waals surface area contributed by atoms with Crippen LogP contribution in [0.3, 0.4) is 0 Å². The number of nitrogen functional groups attached to an aromatic ring is 1. The van der Waals surface area contributed by atoms with Crippen LogP contribution in [0.25, 0.3) is 11.3 Å². The Morgan fingerprint density at radius 1 is 1.19 bits per heavy atom. The Hall–Kier alpha value is -2.67. The molecule has 140 valence electrons. The molecule has 0 aromatic carbocycles. The first kappa shape index (κ1) is 19.1. The summed E-state index contributed by atoms with van der Waals surface area (Å²) >= 11 is 1.57. The van der Waals surface area contributed by atoms with Crippen molar-refractivity contribution in [2.45, 2.75) is 30.3 Å². The lowest BCUT2D eigenvalue weighted by molar-refractivity contribution is 0.191. The maximum atomic E-state index is 13.3. The van der Waals surface area contributed by atoms with Crippen LogP contribution < -0.4 is 10.5 Å². The molecule has 0 fully saturated rings. The summed E-state index contributed by atoms with van der Waals surface area (Å²) in [4.78, 5) is 13.1. The van der Waals surface area contributed by atoms with Crippen molar-refractivity contribution in [2.75, 3.05) is 12.3 Å². The van der Waals surface area contributed by atoms with E-state index < -0.39 is 6.17 Å². The van der Waals surface area contributed by atoms with E-state index in [1.54, 1.807) is 43.2 Å². The molecule has 3 aromatic heterocycles. The minimum absolute atomic E-state index is 0.0358. The minimum atomic E-state index is -0.969. The number of alkyl halides is 1. The second-order valence-electron chi connectivity index (χ2n) is 5.92. The monoisotopic (exact) mass is 384 g/mol. The standard InChI is InChI=1S/C20H21FN4OS/c1-2-15(21)12-26-17-6-7-18(24-11-17)14-9-19(22)25-20(10-14)27-13-16-5-3-4-8-23-16/h3-11,15H,2,12-13H2,1H3,(H2,22,25). The number of hydrogen-bond donors (Lipinski definition) is 1. The van der Waals surface area contributed by atoms with E-state index in [1.165, 1.54) is 0 Å². The van der Waals surface area contributed by atoms with Gasteiger partial charge in [0.1, 0.15) is 24.3 Å². The summed E-state index contributed by atoms with van der Waals surface area (Å²) in [6, 6.07) is 13.2. The van der Waals surface area contributed by atoms with Crippen LogP contribution in [0.4, 0.5) is 10.2 Å². The predicted molar refractivity (Wildman–Crippen MR) is 106 cm³/mol. The van der Waals surface area contributed by atoms with E-state index in [2.05, 4.69) is 15.0 Å². The molecule has 0 aliphatic heterocycles. The van der Waals surface area contributed by atoms with E-state index in [-0.39, 0.29) is 6.61 Å². The topological polar surface area (TPSA) is 73.9 Å². The summed E-state index contributed by atoms with van der Waals surface area (Å²) in [5, 5.41) is 0.806. The molecule has 2 N–H and O–H groups in total. The SMILES string of the molecule is CCC(F)COc1ccc(-c2cc(N)nc(SCc3ccccn3)c2)nc1. The molecule has 0 spiro atoms. The van der Waals surface area contributed by atoms with Crippen LogP contribution in [0.2, 0.25) is 0 Å². The first-order chi connectivity index (χ1) is 13.1. The molecular weight excluding hydrogens is 363 g/mol. The third kappa shape index (κ3) is 5.65. The normalized spacial score (nSPS) is 11.9. The van der Waals surface area contributed by atoms with E-state index >= 15 is 0 Å². The number of ether oxygens (including phenoxy) is 1. The zero-order valence-electron chi connectivity index (χ0n) is 15.0. The minimum Gasteiger partial charge on any atom is -0.489 e. The lowest BCUT2D eigenvalue weighted by atomic mass is 10.2. The van der Waals surface area contributed by atoms with Crippen molar-refractivity contribution in [2.24, 2.45) is 0 Å². The molecule has 3 heterocycles. The van der Waals surface area contributed by atoms with Gasteiger partial charge >= 0.3 is 0 Å². The summed E-state index contributed by atoms with van der Waals surface area (Å²) < 4.78 is 18.7. The Balaban J connectivity index is 1.69. The smallest absolute Gasteiger partial charge is 0.137 e. The zero-order chi connectivity index (χ0) is 19.1. The van der Waals surface area contributed by atoms with Crippen molar-refractivity contribution >= 4 is 17.6 Å². The molecule has 0 aliphatic rings. The molecule has 0 saturated carbocycles. The average molecular weight is 384 g/mol. The highest BCUT2D eigenvalue weighted by Gasteiger charge is 2.08. The second kappa shape index (κ2) is 9.32. The molecule has 5 nitrogen and oxygen atoms in total. The molecule has 27 heavy (non-hydrogen) atoms. The summed E-state index contributed by atoms with van der Waals surface area (Å²) in [6.07, 6.45) is 2.83. The first-order valence-electron chi connectivity index (χ1n) is 8.67. The number of rotatable bonds is 8. The third-order valence-corrected chi connectivity index (χ3v) is 4.77. The largest absolute Gasteiger partial charge is 0.489 e. The van der Waals surface area contributed by atoms with Crippen LogP contribution in [-0.4, -0.2) is 27.7 Å². The Labute approximate surface area is 162 Å². The zero-order valence-corrected chi connectivity index (χ0v) is 15.8. The Morgan fingerprint density at radius 2 is 2.07 bits per heavy atom. The number of nitrogens with two attached hydrogens (primary N) is 1. The molecule has 1 atom stereocenters. The van der Waals surface area contributed by atoms with Crippen LogP contribution in [0.5, 0.6) is 5.75 Å². The fraction of sp³-hybridized carbons (Fsp3) is 0.250. The molecule has 0 radical (unpaired) electrons. The van der Waals surface area contributed by atoms with E-state index in [1.807, 2.05) is 30.3 Å². The van der Waals surface area contributed by atoms with Crippen molar-refractivity contribution in [1.29, 1.82) is 0 Å². The summed E-state index contributed by atoms with van der Waals surface area (Å²) in [6.45, 7) is 1.82. The van der Waals surface area contributed by atoms with Crippen molar-refractivity contribution in [1.82, 2.24) is 15.0 Å². The van der Waals surface area contributed by atoms with Crippen LogP contribution in [0.15, 0.2) is 59.9 Å². The maximum Gasteiger partial charge on any atom is 0.137 e. The van der Waals surface area contributed by atoms with Gasteiger partial charge in [0.25, 0.3) is 0 Å². The van der Waals surface area contributed by atoms with Crippen LogP contribution in [0.1, 0.15) is 19.0 Å². The number of anilines is 1. The molecule has 1 unspecified atom stereocenters. The molecule has 0 amide bonds. The number of nitrogens with zero attached hydrogens (tertiary/aromatic N) is 3. The number of aromatic nitrogens is 3. The lowest BCUT2D eigenvalue weighted by Crippen LogP contribution is -2.11. The van der Waals surface area contributed by atoms with E-state index in [0.717, 1.165) is 22.0 Å². The van der Waals surface area contributed by atoms with Gasteiger partial charge in [0.15, 0.2) is 0 Å². The van der Waals surface area contributed by atoms with Gasteiger partial charge in [0.2, 0.25) is 0 Å². The van der Waals surface area contributed by atoms with Gasteiger partial charge in [0, 0.05) is 17.5 Å². The van der Waals surface area contributed by atoms with Gasteiger partial charge < -0.3 is 10.5 Å². The summed E-state index contributed by atoms with van der Waals surface area (Å²) in [7, 11) is 0. The molecule has 0 bridgehead atoms. The van der Waals surface area contributed by atoms with Gasteiger partial charge in [-0.1, -0.05) is 24.8 Å². The quantitative estimate of drug-likeness (QED) is 0.575. The summed E-state index contributed by atoms with van der Waals surface area (Å²) in [5.74, 6) is 1.68. The fourth-order valence-corrected chi connectivity index (χ4v) is 3.17. The molecule has 3 rings (SSSR count). The third-order valence-electron chi connectivity index (χ3n) is 3.82. The molecule has 0 aliphatic carbocycles. The Bertz CT molecular complexity index is 862. The van der Waals surface area contributed by atoms with Gasteiger partial charge in [-0.2, -0.15) is 0 Å². The van der Waals surface area contributed by atoms with Crippen LogP contribution >= 0.6 is 11.8 Å². The van der Waals surface area contributed by atoms with Crippen LogP contribution in [-0.2, 0) is 5.75 Å². The second-order valence-corrected chi connectivity index (χ2v) is 6.92. The van der Waals surface area contributed by atoms with Crippen LogP contribution in [0, 0.1) is 0 Å². The van der Waals surface area contributed by atoms with E-state index in [4.69, 9.17) is 10.5 Å². The number of pyridine rings is 3. The lowest BCUT2D eigenvalue weighted by Gasteiger charge is -2.09. The van der Waals surface area contributed by atoms with Gasteiger partial charge in [-0.15, -0.1) is 0 Å². The maximum absolute atomic E-state index is 13.3. The van der Waals surface area contributed by atoms with Gasteiger partial charge in [-0.3, -0.25) is 9.97 Å². The Morgan fingerprint density at radius 3 is 2.78 bits per heavy atom. The molecule has 0 saturated heterocycles. The number of thioether (sulfide) groups is 1. The molecule has 7 heteroatoms. The number of hydrogen-bond acceptors (Lipinski definition) is 6. The average Bonchev–Trinajstić information content (AvgIpc) is 2.71. The van der Waals surface area contributed by atoms with Crippen molar-refractivity contribution in [3.63, 3.8) is 0 Å². The highest BCUT2D eigenvalue weighted by molar-refractivity contribution is 7.98. The van der Waals surface area contributed by atoms with Crippen molar-refractivity contribution in [3.05, 3.63) is 60.6 Å². The van der Waals surface area contributed by atoms with Gasteiger partial charge in [-0.25, -0.2) is 9.37 Å². The van der Waals surface area contributed by atoms with Crippen molar-refractivity contribution < 1.29 is 9.13 Å². The summed E-state index contributed by atoms with van der Waals surface area (Å²) in [5.41, 5.74) is 8.56. The van der Waals surface area contributed by atoms with Crippen molar-refractivity contribution in [3.8, 4) is 17.0 Å². The predicted octanol–water partition coefficient (Wildman–Crippen LogP) is 4.54. The van der Waals surface area contributed by atoms with E-state index in [9.17, 15) is 4.39 Å². The number of halogens is 1. The van der Waals surface area contributed by atoms with Gasteiger partial charge in [0.05, 0.1) is 22.6 Å². The van der Waals surface area contributed by atoms with Gasteiger partial charge in [-0.05, 0) is 42.8 Å². The molecular formula is C20H21FN4OS. The fourth-order valence-electron chi connectivity index (χ4n) is 2.32. The van der Waals surface area contributed by atoms with E-state index in [0.29, 0.717) is 23.7 Å². The Kier molecular flexibility index (Phi) is 6.59. The highest BCUT2D eigenvalue weighted by Crippen LogP contribution is 2.27. The highest BCUT2D eigenvalue weighted by atomic mass is 32.2. The first-order valence-corrected chi connectivity index (χ1v) is 9.66.